The van der Waals surface area contributed by atoms with Crippen LogP contribution in [0.5, 0.6) is 0 Å². The number of nitrogens with one attached hydrogen (secondary N) is 2. The van der Waals surface area contributed by atoms with E-state index in [0.717, 1.165) is 6.54 Å². The Morgan fingerprint density at radius 1 is 1.23 bits per heavy atom. The summed E-state index contributed by atoms with van der Waals surface area (Å²) in [5.74, 6) is -0.00549. The van der Waals surface area contributed by atoms with Gasteiger partial charge in [0.05, 0.1) is 35.7 Å². The van der Waals surface area contributed by atoms with Crippen molar-refractivity contribution in [2.45, 2.75) is 18.4 Å². The monoisotopic (exact) mass is 500 g/mol. The quantitative estimate of drug-likeness (QED) is 0.359. The second-order valence-corrected chi connectivity index (χ2v) is 9.63. The highest BCUT2D eigenvalue weighted by atomic mass is 32.2. The van der Waals surface area contributed by atoms with Gasteiger partial charge in [0, 0.05) is 24.8 Å². The number of benzene rings is 1. The van der Waals surface area contributed by atoms with Gasteiger partial charge in [-0.05, 0) is 57.6 Å². The number of ether oxygens (including phenoxy) is 2. The maximum Gasteiger partial charge on any atom is 0.230 e. The lowest BCUT2D eigenvalue weighted by Gasteiger charge is -2.35. The molecule has 186 valence electrons. The Morgan fingerprint density at radius 2 is 1.94 bits per heavy atom. The molecule has 3 aromatic rings. The second-order valence-electron chi connectivity index (χ2n) is 8.85. The lowest BCUT2D eigenvalue weighted by molar-refractivity contribution is -0.231. The number of halogens is 1. The number of aromatic amines is 1. The van der Waals surface area contributed by atoms with Gasteiger partial charge in [0.25, 0.3) is 0 Å². The number of H-pyrrole nitrogens is 1. The maximum absolute atomic E-state index is 13.5. The van der Waals surface area contributed by atoms with E-state index >= 15 is 0 Å². The molecule has 4 rings (SSSR count). The van der Waals surface area contributed by atoms with Crippen molar-refractivity contribution in [1.29, 1.82) is 0 Å². The number of likely N-dealkylation sites (N-methyl/N-ethyl adjacent to an activating group) is 1. The molecule has 0 atom stereocenters. The molecule has 1 aliphatic rings. The molecule has 0 aliphatic carbocycles. The highest BCUT2D eigenvalue weighted by Crippen LogP contribution is 2.35. The molecule has 1 saturated heterocycles. The number of carbonyl (C=O) groups excluding carboxylic acids is 1. The SMILES string of the molecule is CSc1nccc(-c2[nH]c(C3OCC(C)(C(=O)NCCN(C)C)CO3)nc2-c2ccc(F)cc2)n1. The summed E-state index contributed by atoms with van der Waals surface area (Å²) in [5.41, 5.74) is 1.79. The number of hydrogen-bond donors (Lipinski definition) is 2. The van der Waals surface area contributed by atoms with Gasteiger partial charge >= 0.3 is 0 Å². The van der Waals surface area contributed by atoms with Gasteiger partial charge in [0.2, 0.25) is 12.2 Å². The van der Waals surface area contributed by atoms with Gasteiger partial charge in [-0.3, -0.25) is 4.79 Å². The zero-order chi connectivity index (χ0) is 25.0. The van der Waals surface area contributed by atoms with E-state index in [2.05, 4.69) is 20.3 Å². The van der Waals surface area contributed by atoms with Crippen LogP contribution in [-0.4, -0.2) is 77.4 Å². The first-order chi connectivity index (χ1) is 16.8. The Bertz CT molecular complexity index is 1160. The molecule has 2 N–H and O–H groups in total. The number of rotatable bonds is 8. The number of thioether (sulfide) groups is 1. The molecule has 35 heavy (non-hydrogen) atoms. The Balaban J connectivity index is 1.57. The average molecular weight is 501 g/mol. The zero-order valence-electron chi connectivity index (χ0n) is 20.2. The van der Waals surface area contributed by atoms with Crippen LogP contribution in [0.4, 0.5) is 4.39 Å². The van der Waals surface area contributed by atoms with E-state index in [0.29, 0.717) is 40.2 Å². The molecule has 0 spiro atoms. The summed E-state index contributed by atoms with van der Waals surface area (Å²) < 4.78 is 25.4. The third-order valence-corrected chi connectivity index (χ3v) is 6.20. The first-order valence-corrected chi connectivity index (χ1v) is 12.4. The molecule has 0 radical (unpaired) electrons. The molecular weight excluding hydrogens is 471 g/mol. The fourth-order valence-corrected chi connectivity index (χ4v) is 3.94. The van der Waals surface area contributed by atoms with Crippen molar-refractivity contribution in [2.24, 2.45) is 5.41 Å². The van der Waals surface area contributed by atoms with E-state index in [-0.39, 0.29) is 24.9 Å². The maximum atomic E-state index is 13.5. The third-order valence-electron chi connectivity index (χ3n) is 5.63. The van der Waals surface area contributed by atoms with E-state index < -0.39 is 11.7 Å². The highest BCUT2D eigenvalue weighted by molar-refractivity contribution is 7.98. The van der Waals surface area contributed by atoms with Crippen molar-refractivity contribution in [3.63, 3.8) is 0 Å². The summed E-state index contributed by atoms with van der Waals surface area (Å²) in [5, 5.41) is 3.56. The van der Waals surface area contributed by atoms with E-state index in [1.54, 1.807) is 24.4 Å². The summed E-state index contributed by atoms with van der Waals surface area (Å²) in [6.45, 7) is 3.46. The number of amides is 1. The minimum Gasteiger partial charge on any atom is -0.354 e. The first kappa shape index (κ1) is 25.2. The fraction of sp³-hybridized carbons (Fsp3) is 0.417. The van der Waals surface area contributed by atoms with Crippen molar-refractivity contribution in [1.82, 2.24) is 30.2 Å². The number of carbonyl (C=O) groups is 1. The van der Waals surface area contributed by atoms with Gasteiger partial charge in [0.1, 0.15) is 5.82 Å². The number of imidazole rings is 1. The fourth-order valence-electron chi connectivity index (χ4n) is 3.59. The van der Waals surface area contributed by atoms with Gasteiger partial charge in [-0.2, -0.15) is 0 Å². The number of hydrogen-bond acceptors (Lipinski definition) is 8. The molecule has 0 unspecified atom stereocenters. The largest absolute Gasteiger partial charge is 0.354 e. The third kappa shape index (κ3) is 5.87. The predicted octanol–water partition coefficient (Wildman–Crippen LogP) is 3.12. The second kappa shape index (κ2) is 10.8. The van der Waals surface area contributed by atoms with E-state index in [1.165, 1.54) is 23.9 Å². The van der Waals surface area contributed by atoms with Crippen LogP contribution in [0.2, 0.25) is 0 Å². The Labute approximate surface area is 207 Å². The highest BCUT2D eigenvalue weighted by Gasteiger charge is 2.40. The Morgan fingerprint density at radius 3 is 2.60 bits per heavy atom. The molecule has 0 saturated carbocycles. The molecule has 1 fully saturated rings. The minimum atomic E-state index is -0.808. The van der Waals surface area contributed by atoms with Crippen LogP contribution >= 0.6 is 11.8 Å². The summed E-state index contributed by atoms with van der Waals surface area (Å²) in [4.78, 5) is 31.5. The normalized spacial score (nSPS) is 20.2. The van der Waals surface area contributed by atoms with E-state index in [1.807, 2.05) is 32.2 Å². The van der Waals surface area contributed by atoms with Gasteiger partial charge in [-0.1, -0.05) is 11.8 Å². The van der Waals surface area contributed by atoms with Crippen LogP contribution in [0.15, 0.2) is 41.7 Å². The standard InChI is InChI=1S/C24H29FN6O3S/c1-24(22(32)26-11-12-31(2)3)13-33-21(34-14-24)20-29-18(15-5-7-16(25)8-6-15)19(30-20)17-9-10-27-23(28-17)35-4/h5-10,21H,11-14H2,1-4H3,(H,26,32)(H,29,30). The van der Waals surface area contributed by atoms with Crippen LogP contribution in [0.25, 0.3) is 22.6 Å². The van der Waals surface area contributed by atoms with E-state index in [9.17, 15) is 9.18 Å². The minimum absolute atomic E-state index is 0.115. The first-order valence-electron chi connectivity index (χ1n) is 11.2. The number of nitrogens with zero attached hydrogens (tertiary/aromatic N) is 4. The van der Waals surface area contributed by atoms with Crippen molar-refractivity contribution in [3.05, 3.63) is 48.2 Å². The van der Waals surface area contributed by atoms with Gasteiger partial charge < -0.3 is 24.7 Å². The average Bonchev–Trinajstić information content (AvgIpc) is 3.30. The molecule has 0 bridgehead atoms. The van der Waals surface area contributed by atoms with Crippen molar-refractivity contribution >= 4 is 17.7 Å². The molecular formula is C24H29FN6O3S. The summed E-state index contributed by atoms with van der Waals surface area (Å²) in [6.07, 6.45) is 2.79. The van der Waals surface area contributed by atoms with Crippen LogP contribution in [0.1, 0.15) is 19.0 Å². The molecule has 1 aliphatic heterocycles. The summed E-state index contributed by atoms with van der Waals surface area (Å²) in [7, 11) is 3.90. The topological polar surface area (TPSA) is 105 Å². The van der Waals surface area contributed by atoms with Gasteiger partial charge in [0.15, 0.2) is 11.0 Å². The van der Waals surface area contributed by atoms with Crippen LogP contribution in [0, 0.1) is 11.2 Å². The van der Waals surface area contributed by atoms with Crippen LogP contribution in [-0.2, 0) is 14.3 Å². The van der Waals surface area contributed by atoms with E-state index in [4.69, 9.17) is 14.5 Å². The Hall–Kier alpha value is -2.86. The molecule has 3 heterocycles. The molecule has 2 aromatic heterocycles. The van der Waals surface area contributed by atoms with Crippen molar-refractivity contribution in [3.8, 4) is 22.6 Å². The van der Waals surface area contributed by atoms with Crippen molar-refractivity contribution < 1.29 is 18.7 Å². The van der Waals surface area contributed by atoms with Gasteiger partial charge in [-0.25, -0.2) is 19.3 Å². The van der Waals surface area contributed by atoms with Crippen molar-refractivity contribution in [2.75, 3.05) is 46.7 Å². The molecule has 1 aromatic carbocycles. The Kier molecular flexibility index (Phi) is 7.80. The number of aromatic nitrogens is 4. The summed E-state index contributed by atoms with van der Waals surface area (Å²) >= 11 is 1.43. The van der Waals surface area contributed by atoms with Crippen LogP contribution in [0.3, 0.4) is 0 Å². The zero-order valence-corrected chi connectivity index (χ0v) is 21.0. The molecule has 1 amide bonds. The van der Waals surface area contributed by atoms with Crippen LogP contribution < -0.4 is 5.32 Å². The predicted molar refractivity (Wildman–Crippen MR) is 131 cm³/mol. The van der Waals surface area contributed by atoms with Gasteiger partial charge in [-0.15, -0.1) is 0 Å². The smallest absolute Gasteiger partial charge is 0.230 e. The summed E-state index contributed by atoms with van der Waals surface area (Å²) in [6, 6.07) is 7.87. The molecule has 11 heteroatoms. The lowest BCUT2D eigenvalue weighted by atomic mass is 9.91. The lowest BCUT2D eigenvalue weighted by Crippen LogP contribution is -2.49. The molecule has 9 nitrogen and oxygen atoms in total.